The molecule has 354 valence electrons. The van der Waals surface area contributed by atoms with Gasteiger partial charge in [-0.2, -0.15) is 0 Å². The predicted molar refractivity (Wildman–Crippen MR) is 264 cm³/mol. The number of carbonyl (C=O) groups excluding carboxylic acids is 2. The van der Waals surface area contributed by atoms with Gasteiger partial charge in [0.25, 0.3) is 0 Å². The van der Waals surface area contributed by atoms with E-state index in [9.17, 15) is 19.8 Å². The summed E-state index contributed by atoms with van der Waals surface area (Å²) < 4.78 is 5.87. The van der Waals surface area contributed by atoms with Crippen molar-refractivity contribution in [2.24, 2.45) is 0 Å². The molecule has 0 radical (unpaired) electrons. The molecule has 6 nitrogen and oxygen atoms in total. The molecule has 0 aliphatic heterocycles. The summed E-state index contributed by atoms with van der Waals surface area (Å²) in [5, 5.41) is 23.7. The molecule has 3 atom stereocenters. The van der Waals surface area contributed by atoms with Gasteiger partial charge < -0.3 is 20.3 Å². The van der Waals surface area contributed by atoms with Crippen LogP contribution in [0.15, 0.2) is 60.8 Å². The summed E-state index contributed by atoms with van der Waals surface area (Å²) in [7, 11) is 0. The lowest BCUT2D eigenvalue weighted by Gasteiger charge is -2.24. The van der Waals surface area contributed by atoms with Gasteiger partial charge in [-0.25, -0.2) is 0 Å². The minimum absolute atomic E-state index is 0.000727. The number of ether oxygens (including phenoxy) is 1. The lowest BCUT2D eigenvalue weighted by atomic mass is 10.0. The molecule has 0 rings (SSSR count). The lowest BCUT2D eigenvalue weighted by molar-refractivity contribution is -0.150. The molecule has 0 saturated heterocycles. The summed E-state index contributed by atoms with van der Waals surface area (Å²) in [6.45, 7) is 6.35. The van der Waals surface area contributed by atoms with Crippen LogP contribution in [0.3, 0.4) is 0 Å². The normalized spacial score (nSPS) is 13.7. The number of esters is 1. The first-order valence-electron chi connectivity index (χ1n) is 26.0. The number of hydrogen-bond donors (Lipinski definition) is 3. The SMILES string of the molecule is CC/C=C\C/C=C\C/C=C\C/C=C\C/C=C\CC(CC(=O)NC(CO)C(O)CCCCCCCCCCCCCCCC)OC(=O)CCCCCCCCCCCCCCC. The third-order valence-electron chi connectivity index (χ3n) is 11.6. The average molecular weight is 854 g/mol. The zero-order valence-corrected chi connectivity index (χ0v) is 40.3. The smallest absolute Gasteiger partial charge is 0.306 e. The van der Waals surface area contributed by atoms with Crippen molar-refractivity contribution in [3.05, 3.63) is 60.8 Å². The quantitative estimate of drug-likeness (QED) is 0.0322. The van der Waals surface area contributed by atoms with Crippen LogP contribution in [0.2, 0.25) is 0 Å². The van der Waals surface area contributed by atoms with E-state index in [4.69, 9.17) is 4.74 Å². The van der Waals surface area contributed by atoms with Crippen molar-refractivity contribution < 1.29 is 24.5 Å². The van der Waals surface area contributed by atoms with Gasteiger partial charge >= 0.3 is 5.97 Å². The summed E-state index contributed by atoms with van der Waals surface area (Å²) in [6, 6.07) is -0.731. The Bertz CT molecular complexity index is 1090. The van der Waals surface area contributed by atoms with Crippen LogP contribution in [0.5, 0.6) is 0 Å². The fourth-order valence-electron chi connectivity index (χ4n) is 7.69. The number of hydrogen-bond acceptors (Lipinski definition) is 5. The van der Waals surface area contributed by atoms with Gasteiger partial charge in [0.15, 0.2) is 0 Å². The van der Waals surface area contributed by atoms with Crippen molar-refractivity contribution in [2.75, 3.05) is 6.61 Å². The molecule has 6 heteroatoms. The van der Waals surface area contributed by atoms with E-state index in [0.717, 1.165) is 70.6 Å². The first-order chi connectivity index (χ1) is 30.0. The summed E-state index contributed by atoms with van der Waals surface area (Å²) in [5.41, 5.74) is 0. The van der Waals surface area contributed by atoms with Gasteiger partial charge in [0.05, 0.1) is 25.2 Å². The van der Waals surface area contributed by atoms with E-state index < -0.39 is 18.2 Å². The number of aliphatic hydroxyl groups is 2. The number of allylic oxidation sites excluding steroid dienone is 9. The van der Waals surface area contributed by atoms with E-state index in [0.29, 0.717) is 19.3 Å². The van der Waals surface area contributed by atoms with Crippen molar-refractivity contribution in [1.82, 2.24) is 5.32 Å². The lowest BCUT2D eigenvalue weighted by Crippen LogP contribution is -2.46. The molecule has 1 amide bonds. The number of amides is 1. The molecule has 0 spiro atoms. The molecule has 0 aliphatic rings. The van der Waals surface area contributed by atoms with Crippen molar-refractivity contribution in [1.29, 1.82) is 0 Å². The molecule has 0 aromatic rings. The van der Waals surface area contributed by atoms with Crippen molar-refractivity contribution in [3.63, 3.8) is 0 Å². The van der Waals surface area contributed by atoms with Crippen molar-refractivity contribution >= 4 is 11.9 Å². The molecule has 3 unspecified atom stereocenters. The van der Waals surface area contributed by atoms with E-state index in [-0.39, 0.29) is 24.9 Å². The Balaban J connectivity index is 4.69. The summed E-state index contributed by atoms with van der Waals surface area (Å²) in [5.74, 6) is -0.574. The Morgan fingerprint density at radius 1 is 0.492 bits per heavy atom. The molecule has 0 bridgehead atoms. The zero-order valence-electron chi connectivity index (χ0n) is 40.3. The highest BCUT2D eigenvalue weighted by Gasteiger charge is 2.23. The van der Waals surface area contributed by atoms with Gasteiger partial charge in [-0.15, -0.1) is 0 Å². The Hall–Kier alpha value is -2.44. The summed E-state index contributed by atoms with van der Waals surface area (Å²) in [6.07, 6.45) is 60.1. The van der Waals surface area contributed by atoms with Crippen LogP contribution in [0.1, 0.15) is 252 Å². The van der Waals surface area contributed by atoms with E-state index in [1.807, 2.05) is 6.08 Å². The van der Waals surface area contributed by atoms with Crippen LogP contribution in [0, 0.1) is 0 Å². The Kier molecular flexibility index (Phi) is 46.6. The topological polar surface area (TPSA) is 95.9 Å². The number of rotatable bonds is 46. The monoisotopic (exact) mass is 854 g/mol. The van der Waals surface area contributed by atoms with E-state index in [1.165, 1.54) is 135 Å². The maximum absolute atomic E-state index is 13.2. The number of nitrogens with one attached hydrogen (secondary N) is 1. The van der Waals surface area contributed by atoms with E-state index in [2.05, 4.69) is 80.8 Å². The Labute approximate surface area is 378 Å². The number of carbonyl (C=O) groups is 2. The fraction of sp³-hybridized carbons (Fsp3) is 0.782. The maximum atomic E-state index is 13.2. The first kappa shape index (κ1) is 58.6. The molecule has 0 heterocycles. The van der Waals surface area contributed by atoms with Crippen molar-refractivity contribution in [2.45, 2.75) is 270 Å². The van der Waals surface area contributed by atoms with Gasteiger partial charge in [0.2, 0.25) is 5.91 Å². The summed E-state index contributed by atoms with van der Waals surface area (Å²) in [4.78, 5) is 26.1. The van der Waals surface area contributed by atoms with Crippen LogP contribution in [-0.2, 0) is 14.3 Å². The second-order valence-electron chi connectivity index (χ2n) is 17.6. The minimum atomic E-state index is -0.811. The first-order valence-corrected chi connectivity index (χ1v) is 26.0. The maximum Gasteiger partial charge on any atom is 0.306 e. The third-order valence-corrected chi connectivity index (χ3v) is 11.6. The molecule has 0 aromatic heterocycles. The van der Waals surface area contributed by atoms with Gasteiger partial charge in [-0.05, 0) is 44.9 Å². The highest BCUT2D eigenvalue weighted by Crippen LogP contribution is 2.17. The standard InChI is InChI=1S/C55H99NO5/c1-4-7-10-13-16-19-22-25-27-29-31-34-37-40-43-46-51(61-55(60)48-45-42-39-36-33-28-24-21-18-15-12-9-6-3)49-54(59)56-52(50-57)53(58)47-44-41-38-35-32-30-26-23-20-17-14-11-8-5-2/h7,10,16,19,25,27,31,34,40,43,51-53,57-58H,4-6,8-9,11-15,17-18,20-24,26,28-30,32-33,35-39,41-42,44-50H2,1-3H3,(H,56,59)/b10-7-,19-16-,27-25-,34-31-,43-40-. The Morgan fingerprint density at radius 3 is 1.25 bits per heavy atom. The molecule has 0 aromatic carbocycles. The second-order valence-corrected chi connectivity index (χ2v) is 17.6. The highest BCUT2D eigenvalue weighted by molar-refractivity contribution is 5.77. The van der Waals surface area contributed by atoms with Gasteiger partial charge in [0, 0.05) is 12.8 Å². The largest absolute Gasteiger partial charge is 0.461 e. The second kappa shape index (κ2) is 48.6. The molecule has 0 saturated carbocycles. The zero-order chi connectivity index (χ0) is 44.5. The highest BCUT2D eigenvalue weighted by atomic mass is 16.5. The Morgan fingerprint density at radius 2 is 0.852 bits per heavy atom. The van der Waals surface area contributed by atoms with Gasteiger partial charge in [-0.1, -0.05) is 248 Å². The number of unbranched alkanes of at least 4 members (excludes halogenated alkanes) is 25. The molecule has 61 heavy (non-hydrogen) atoms. The van der Waals surface area contributed by atoms with Crippen LogP contribution >= 0.6 is 0 Å². The predicted octanol–water partition coefficient (Wildman–Crippen LogP) is 15.6. The minimum Gasteiger partial charge on any atom is -0.461 e. The van der Waals surface area contributed by atoms with Gasteiger partial charge in [0.1, 0.15) is 6.10 Å². The molecular formula is C55H99NO5. The molecule has 0 fully saturated rings. The molecular weight excluding hydrogens is 755 g/mol. The van der Waals surface area contributed by atoms with Crippen LogP contribution in [0.4, 0.5) is 0 Å². The van der Waals surface area contributed by atoms with E-state index >= 15 is 0 Å². The summed E-state index contributed by atoms with van der Waals surface area (Å²) >= 11 is 0. The van der Waals surface area contributed by atoms with Crippen LogP contribution in [0.25, 0.3) is 0 Å². The van der Waals surface area contributed by atoms with Crippen LogP contribution < -0.4 is 5.32 Å². The molecule has 3 N–H and O–H groups in total. The molecule has 0 aliphatic carbocycles. The van der Waals surface area contributed by atoms with Crippen LogP contribution in [-0.4, -0.2) is 46.9 Å². The van der Waals surface area contributed by atoms with E-state index in [1.54, 1.807) is 0 Å². The fourth-order valence-corrected chi connectivity index (χ4v) is 7.69. The van der Waals surface area contributed by atoms with Crippen molar-refractivity contribution in [3.8, 4) is 0 Å². The average Bonchev–Trinajstić information content (AvgIpc) is 3.25. The number of aliphatic hydroxyl groups excluding tert-OH is 2. The van der Waals surface area contributed by atoms with Gasteiger partial charge in [-0.3, -0.25) is 9.59 Å². The third kappa shape index (κ3) is 44.0.